The maximum Gasteiger partial charge on any atom is 0.271 e. The first-order valence-corrected chi connectivity index (χ1v) is 8.63. The summed E-state index contributed by atoms with van der Waals surface area (Å²) in [4.78, 5) is 0. The van der Waals surface area contributed by atoms with Crippen molar-refractivity contribution < 1.29 is 12.6 Å². The zero-order chi connectivity index (χ0) is 13.5. The first kappa shape index (κ1) is 12.9. The van der Waals surface area contributed by atoms with E-state index in [1.54, 1.807) is 0 Å². The van der Waals surface area contributed by atoms with Gasteiger partial charge in [-0.2, -0.15) is 8.42 Å². The average Bonchev–Trinajstić information content (AvgIpc) is 2.79. The zero-order valence-electron chi connectivity index (χ0n) is 11.9. The maximum atomic E-state index is 12.4. The summed E-state index contributed by atoms with van der Waals surface area (Å²) in [7, 11) is -3.36. The van der Waals surface area contributed by atoms with E-state index in [-0.39, 0.29) is 22.7 Å². The van der Waals surface area contributed by atoms with Gasteiger partial charge >= 0.3 is 0 Å². The van der Waals surface area contributed by atoms with E-state index in [1.165, 1.54) is 0 Å². The molecule has 4 heteroatoms. The molecule has 3 fully saturated rings. The van der Waals surface area contributed by atoms with Gasteiger partial charge < -0.3 is 0 Å². The summed E-state index contributed by atoms with van der Waals surface area (Å²) in [6, 6.07) is 0. The summed E-state index contributed by atoms with van der Waals surface area (Å²) in [5.41, 5.74) is -0.0874. The standard InChI is InChI=1S/C14H24O3S/c1-7(2)14(8(3)4)11-6-10-12(9(11)5)17-18(15,16)13(10)14/h7-13H,6H2,1-5H3. The van der Waals surface area contributed by atoms with E-state index in [0.717, 1.165) is 6.42 Å². The third-order valence-corrected chi connectivity index (χ3v) is 8.05. The van der Waals surface area contributed by atoms with Crippen LogP contribution in [0.5, 0.6) is 0 Å². The van der Waals surface area contributed by atoms with Gasteiger partial charge in [-0.25, -0.2) is 0 Å². The molecule has 0 radical (unpaired) electrons. The summed E-state index contributed by atoms with van der Waals surface area (Å²) in [6.07, 6.45) is 1.02. The second-order valence-corrected chi connectivity index (χ2v) is 8.83. The molecule has 2 aliphatic carbocycles. The van der Waals surface area contributed by atoms with Crippen molar-refractivity contribution in [3.05, 3.63) is 0 Å². The highest BCUT2D eigenvalue weighted by Crippen LogP contribution is 2.70. The average molecular weight is 272 g/mol. The topological polar surface area (TPSA) is 43.4 Å². The third kappa shape index (κ3) is 1.17. The van der Waals surface area contributed by atoms with Gasteiger partial charge in [0.2, 0.25) is 0 Å². The van der Waals surface area contributed by atoms with E-state index in [2.05, 4.69) is 34.6 Å². The van der Waals surface area contributed by atoms with Crippen LogP contribution in [0.2, 0.25) is 0 Å². The molecule has 104 valence electrons. The highest BCUT2D eigenvalue weighted by molar-refractivity contribution is 7.87. The number of fused-ring (bicyclic) bond motifs is 1. The summed E-state index contributed by atoms with van der Waals surface area (Å²) < 4.78 is 30.3. The molecule has 5 atom stereocenters. The Morgan fingerprint density at radius 2 is 1.72 bits per heavy atom. The Labute approximate surface area is 110 Å². The first-order chi connectivity index (χ1) is 8.24. The van der Waals surface area contributed by atoms with Crippen LogP contribution < -0.4 is 0 Å². The van der Waals surface area contributed by atoms with E-state index >= 15 is 0 Å². The Morgan fingerprint density at radius 3 is 2.22 bits per heavy atom. The highest BCUT2D eigenvalue weighted by atomic mass is 32.2. The predicted molar refractivity (Wildman–Crippen MR) is 70.5 cm³/mol. The molecule has 3 nitrogen and oxygen atoms in total. The molecule has 1 saturated heterocycles. The largest absolute Gasteiger partial charge is 0.271 e. The monoisotopic (exact) mass is 272 g/mol. The molecule has 2 bridgehead atoms. The van der Waals surface area contributed by atoms with Crippen molar-refractivity contribution in [3.8, 4) is 0 Å². The number of rotatable bonds is 2. The van der Waals surface area contributed by atoms with Crippen LogP contribution in [0.3, 0.4) is 0 Å². The molecule has 0 aromatic carbocycles. The van der Waals surface area contributed by atoms with Crippen LogP contribution in [0.25, 0.3) is 0 Å². The molecule has 2 saturated carbocycles. The number of hydrogen-bond acceptors (Lipinski definition) is 3. The quantitative estimate of drug-likeness (QED) is 0.726. The molecule has 3 rings (SSSR count). The molecule has 0 aromatic heterocycles. The second kappa shape index (κ2) is 3.51. The Hall–Kier alpha value is -0.0900. The van der Waals surface area contributed by atoms with Crippen molar-refractivity contribution in [2.75, 3.05) is 0 Å². The molecule has 0 aromatic rings. The Bertz CT molecular complexity index is 457. The molecular formula is C14H24O3S. The van der Waals surface area contributed by atoms with Crippen molar-refractivity contribution in [3.63, 3.8) is 0 Å². The molecule has 18 heavy (non-hydrogen) atoms. The third-order valence-electron chi connectivity index (χ3n) is 6.18. The van der Waals surface area contributed by atoms with Crippen molar-refractivity contribution in [1.29, 1.82) is 0 Å². The summed E-state index contributed by atoms with van der Waals surface area (Å²) in [5.74, 6) is 1.91. The van der Waals surface area contributed by atoms with Crippen LogP contribution in [0.15, 0.2) is 0 Å². The maximum absolute atomic E-state index is 12.4. The minimum absolute atomic E-state index is 0.0318. The smallest absolute Gasteiger partial charge is 0.266 e. The fraction of sp³-hybridized carbons (Fsp3) is 1.00. The molecular weight excluding hydrogens is 248 g/mol. The minimum Gasteiger partial charge on any atom is -0.266 e. The van der Waals surface area contributed by atoms with E-state index in [9.17, 15) is 8.42 Å². The Morgan fingerprint density at radius 1 is 1.17 bits per heavy atom. The Kier molecular flexibility index (Phi) is 2.52. The molecule has 1 heterocycles. The van der Waals surface area contributed by atoms with E-state index in [0.29, 0.717) is 23.7 Å². The van der Waals surface area contributed by atoms with Crippen molar-refractivity contribution in [2.45, 2.75) is 52.4 Å². The fourth-order valence-electron chi connectivity index (χ4n) is 5.82. The predicted octanol–water partition coefficient (Wildman–Crippen LogP) is 2.67. The number of hydrogen-bond donors (Lipinski definition) is 0. The van der Waals surface area contributed by atoms with Crippen molar-refractivity contribution in [2.24, 2.45) is 35.0 Å². The molecule has 0 spiro atoms. The van der Waals surface area contributed by atoms with Crippen LogP contribution in [0.4, 0.5) is 0 Å². The van der Waals surface area contributed by atoms with Gasteiger partial charge in [-0.3, -0.25) is 4.18 Å². The van der Waals surface area contributed by atoms with Crippen molar-refractivity contribution in [1.82, 2.24) is 0 Å². The van der Waals surface area contributed by atoms with Gasteiger partial charge in [-0.1, -0.05) is 34.6 Å². The minimum atomic E-state index is -3.36. The lowest BCUT2D eigenvalue weighted by Crippen LogP contribution is -2.52. The normalized spacial score (nSPS) is 47.4. The van der Waals surface area contributed by atoms with Crippen LogP contribution in [-0.2, 0) is 14.3 Å². The van der Waals surface area contributed by atoms with Gasteiger partial charge in [0.1, 0.15) is 0 Å². The molecule has 0 N–H and O–H groups in total. The Balaban J connectivity index is 2.22. The lowest BCUT2D eigenvalue weighted by molar-refractivity contribution is -0.00515. The SMILES string of the molecule is CC1C2OS(=O)(=O)C3C2CC1C3(C(C)C)C(C)C. The van der Waals surface area contributed by atoms with Gasteiger partial charge in [-0.15, -0.1) is 0 Å². The van der Waals surface area contributed by atoms with Gasteiger partial charge in [-0.05, 0) is 35.5 Å². The van der Waals surface area contributed by atoms with Gasteiger partial charge in [0.15, 0.2) is 0 Å². The van der Waals surface area contributed by atoms with Gasteiger partial charge in [0.25, 0.3) is 10.1 Å². The van der Waals surface area contributed by atoms with Crippen LogP contribution in [0.1, 0.15) is 41.0 Å². The van der Waals surface area contributed by atoms with Gasteiger partial charge in [0, 0.05) is 5.92 Å². The van der Waals surface area contributed by atoms with Crippen LogP contribution in [-0.4, -0.2) is 19.8 Å². The summed E-state index contributed by atoms with van der Waals surface area (Å²) in [6.45, 7) is 10.9. The first-order valence-electron chi connectivity index (χ1n) is 7.16. The second-order valence-electron chi connectivity index (χ2n) is 7.15. The van der Waals surface area contributed by atoms with E-state index in [1.807, 2.05) is 0 Å². The van der Waals surface area contributed by atoms with Gasteiger partial charge in [0.05, 0.1) is 11.4 Å². The molecule has 0 amide bonds. The lowest BCUT2D eigenvalue weighted by Gasteiger charge is -2.49. The molecule has 3 aliphatic rings. The summed E-state index contributed by atoms with van der Waals surface area (Å²) >= 11 is 0. The summed E-state index contributed by atoms with van der Waals surface area (Å²) in [5, 5.41) is -0.254. The van der Waals surface area contributed by atoms with E-state index in [4.69, 9.17) is 4.18 Å². The van der Waals surface area contributed by atoms with Crippen LogP contribution in [0, 0.1) is 35.0 Å². The van der Waals surface area contributed by atoms with E-state index < -0.39 is 10.1 Å². The highest BCUT2D eigenvalue weighted by Gasteiger charge is 2.74. The zero-order valence-corrected chi connectivity index (χ0v) is 12.7. The lowest BCUT2D eigenvalue weighted by atomic mass is 9.57. The molecule has 1 aliphatic heterocycles. The van der Waals surface area contributed by atoms with Crippen molar-refractivity contribution >= 4 is 10.1 Å². The molecule has 5 unspecified atom stereocenters. The fourth-order valence-corrected chi connectivity index (χ4v) is 8.48. The van der Waals surface area contributed by atoms with Crippen LogP contribution >= 0.6 is 0 Å².